The number of amides is 2. The summed E-state index contributed by atoms with van der Waals surface area (Å²) in [6.45, 7) is 3.69. The number of ether oxygens (including phenoxy) is 1. The van der Waals surface area contributed by atoms with Crippen LogP contribution < -0.4 is 10.1 Å². The highest BCUT2D eigenvalue weighted by atomic mass is 19.1. The van der Waals surface area contributed by atoms with Gasteiger partial charge in [0.25, 0.3) is 0 Å². The second-order valence-corrected chi connectivity index (χ2v) is 6.70. The third-order valence-electron chi connectivity index (χ3n) is 4.78. The first-order valence-electron chi connectivity index (χ1n) is 9.20. The Morgan fingerprint density at radius 2 is 1.96 bits per heavy atom. The first-order chi connectivity index (χ1) is 13.6. The minimum atomic E-state index is -0.501. The lowest BCUT2D eigenvalue weighted by Gasteiger charge is -2.22. The van der Waals surface area contributed by atoms with Gasteiger partial charge in [-0.1, -0.05) is 12.1 Å². The SMILES string of the molecule is COc1ccc(CN2CCCN(C(=O)Nc3ccc(F)cc3C#N)CC2)cc1. The van der Waals surface area contributed by atoms with Crippen LogP contribution in [0.25, 0.3) is 0 Å². The van der Waals surface area contributed by atoms with E-state index >= 15 is 0 Å². The molecule has 7 heteroatoms. The number of rotatable bonds is 4. The second kappa shape index (κ2) is 9.20. The Bertz CT molecular complexity index is 864. The van der Waals surface area contributed by atoms with Gasteiger partial charge in [0.15, 0.2) is 0 Å². The van der Waals surface area contributed by atoms with Crippen LogP contribution in [-0.2, 0) is 6.54 Å². The molecule has 0 spiro atoms. The molecule has 0 bridgehead atoms. The molecule has 0 atom stereocenters. The lowest BCUT2D eigenvalue weighted by atomic mass is 10.2. The number of nitrogens with one attached hydrogen (secondary N) is 1. The van der Waals surface area contributed by atoms with E-state index in [2.05, 4.69) is 10.2 Å². The van der Waals surface area contributed by atoms with Gasteiger partial charge in [0, 0.05) is 32.7 Å². The van der Waals surface area contributed by atoms with Crippen LogP contribution in [0.3, 0.4) is 0 Å². The van der Waals surface area contributed by atoms with Gasteiger partial charge in [0.05, 0.1) is 18.4 Å². The predicted octanol–water partition coefficient (Wildman–Crippen LogP) is 3.45. The Labute approximate surface area is 164 Å². The second-order valence-electron chi connectivity index (χ2n) is 6.70. The number of nitrogens with zero attached hydrogens (tertiary/aromatic N) is 3. The average Bonchev–Trinajstić information content (AvgIpc) is 2.95. The first kappa shape index (κ1) is 19.6. The van der Waals surface area contributed by atoms with Crippen molar-refractivity contribution < 1.29 is 13.9 Å². The number of methoxy groups -OCH3 is 1. The summed E-state index contributed by atoms with van der Waals surface area (Å²) < 4.78 is 18.4. The van der Waals surface area contributed by atoms with E-state index < -0.39 is 5.82 Å². The fourth-order valence-electron chi connectivity index (χ4n) is 3.23. The number of hydrogen-bond acceptors (Lipinski definition) is 4. The van der Waals surface area contributed by atoms with Gasteiger partial charge in [-0.05, 0) is 42.3 Å². The largest absolute Gasteiger partial charge is 0.497 e. The van der Waals surface area contributed by atoms with Gasteiger partial charge in [0.2, 0.25) is 0 Å². The highest BCUT2D eigenvalue weighted by Crippen LogP contribution is 2.18. The van der Waals surface area contributed by atoms with Crippen LogP contribution in [0.4, 0.5) is 14.9 Å². The number of halogens is 1. The molecule has 2 amide bonds. The highest BCUT2D eigenvalue weighted by molar-refractivity contribution is 5.90. The van der Waals surface area contributed by atoms with Crippen molar-refractivity contribution in [1.82, 2.24) is 9.80 Å². The maximum absolute atomic E-state index is 13.3. The van der Waals surface area contributed by atoms with Gasteiger partial charge in [0.1, 0.15) is 17.6 Å². The Morgan fingerprint density at radius 3 is 2.68 bits per heavy atom. The van der Waals surface area contributed by atoms with Crippen LogP contribution in [0.5, 0.6) is 5.75 Å². The summed E-state index contributed by atoms with van der Waals surface area (Å²) in [6, 6.07) is 13.4. The number of benzene rings is 2. The van der Waals surface area contributed by atoms with Gasteiger partial charge >= 0.3 is 6.03 Å². The van der Waals surface area contributed by atoms with Crippen LogP contribution in [-0.4, -0.2) is 49.1 Å². The molecule has 146 valence electrons. The number of urea groups is 1. The molecule has 0 aliphatic carbocycles. The van der Waals surface area contributed by atoms with E-state index in [0.29, 0.717) is 18.8 Å². The van der Waals surface area contributed by atoms with Crippen molar-refractivity contribution in [2.24, 2.45) is 0 Å². The molecule has 2 aromatic rings. The molecule has 2 aromatic carbocycles. The molecule has 0 radical (unpaired) electrons. The van der Waals surface area contributed by atoms with Crippen molar-refractivity contribution in [2.45, 2.75) is 13.0 Å². The monoisotopic (exact) mass is 382 g/mol. The summed E-state index contributed by atoms with van der Waals surface area (Å²) in [5.41, 5.74) is 1.64. The topological polar surface area (TPSA) is 68.6 Å². The van der Waals surface area contributed by atoms with Crippen LogP contribution in [0.2, 0.25) is 0 Å². The zero-order chi connectivity index (χ0) is 19.9. The van der Waals surface area contributed by atoms with Crippen LogP contribution in [0.1, 0.15) is 17.5 Å². The van der Waals surface area contributed by atoms with Gasteiger partial charge < -0.3 is 15.0 Å². The molecule has 1 aliphatic heterocycles. The molecule has 0 unspecified atom stereocenters. The molecule has 0 saturated carbocycles. The summed E-state index contributed by atoms with van der Waals surface area (Å²) in [5.74, 6) is 0.332. The van der Waals surface area contributed by atoms with E-state index in [1.54, 1.807) is 12.0 Å². The molecule has 6 nitrogen and oxygen atoms in total. The van der Waals surface area contributed by atoms with E-state index in [-0.39, 0.29) is 11.6 Å². The Hall–Kier alpha value is -3.11. The predicted molar refractivity (Wildman–Crippen MR) is 105 cm³/mol. The molecule has 0 aromatic heterocycles. The molecular weight excluding hydrogens is 359 g/mol. The van der Waals surface area contributed by atoms with Crippen LogP contribution >= 0.6 is 0 Å². The Kier molecular flexibility index (Phi) is 6.45. The highest BCUT2D eigenvalue weighted by Gasteiger charge is 2.20. The minimum absolute atomic E-state index is 0.115. The maximum atomic E-state index is 13.3. The standard InChI is InChI=1S/C21H23FN4O2/c1-28-19-6-3-16(4-7-19)15-25-9-2-10-26(12-11-25)21(27)24-20-8-5-18(22)13-17(20)14-23/h3-8,13H,2,9-12,15H2,1H3,(H,24,27). The summed E-state index contributed by atoms with van der Waals surface area (Å²) in [5, 5.41) is 11.9. The molecule has 28 heavy (non-hydrogen) atoms. The van der Waals surface area contributed by atoms with E-state index in [0.717, 1.165) is 37.9 Å². The van der Waals surface area contributed by atoms with Gasteiger partial charge in [-0.2, -0.15) is 5.26 Å². The number of anilines is 1. The van der Waals surface area contributed by atoms with Crippen LogP contribution in [0.15, 0.2) is 42.5 Å². The van der Waals surface area contributed by atoms with Crippen molar-refractivity contribution in [2.75, 3.05) is 38.6 Å². The van der Waals surface area contributed by atoms with Crippen molar-refractivity contribution in [1.29, 1.82) is 5.26 Å². The third-order valence-corrected chi connectivity index (χ3v) is 4.78. The number of nitriles is 1. The maximum Gasteiger partial charge on any atom is 0.321 e. The summed E-state index contributed by atoms with van der Waals surface area (Å²) in [7, 11) is 1.65. The number of carbonyl (C=O) groups excluding carboxylic acids is 1. The lowest BCUT2D eigenvalue weighted by molar-refractivity contribution is 0.211. The summed E-state index contributed by atoms with van der Waals surface area (Å²) in [4.78, 5) is 16.6. The van der Waals surface area contributed by atoms with E-state index in [1.807, 2.05) is 30.3 Å². The molecule has 1 aliphatic rings. The van der Waals surface area contributed by atoms with E-state index in [1.165, 1.54) is 17.7 Å². The molecule has 1 saturated heterocycles. The summed E-state index contributed by atoms with van der Waals surface area (Å²) >= 11 is 0. The Balaban J connectivity index is 1.57. The molecule has 1 N–H and O–H groups in total. The first-order valence-corrected chi connectivity index (χ1v) is 9.20. The molecule has 1 fully saturated rings. The normalized spacial score (nSPS) is 14.8. The fraction of sp³-hybridized carbons (Fsp3) is 0.333. The van der Waals surface area contributed by atoms with Gasteiger partial charge in [-0.15, -0.1) is 0 Å². The fourth-order valence-corrected chi connectivity index (χ4v) is 3.23. The smallest absolute Gasteiger partial charge is 0.321 e. The average molecular weight is 382 g/mol. The van der Waals surface area contributed by atoms with E-state index in [9.17, 15) is 9.18 Å². The minimum Gasteiger partial charge on any atom is -0.497 e. The van der Waals surface area contributed by atoms with Crippen molar-refractivity contribution in [3.8, 4) is 11.8 Å². The van der Waals surface area contributed by atoms with E-state index in [4.69, 9.17) is 10.00 Å². The van der Waals surface area contributed by atoms with Gasteiger partial charge in [-0.25, -0.2) is 9.18 Å². The number of hydrogen-bond donors (Lipinski definition) is 1. The van der Waals surface area contributed by atoms with Crippen molar-refractivity contribution in [3.63, 3.8) is 0 Å². The molecular formula is C21H23FN4O2. The quantitative estimate of drug-likeness (QED) is 0.879. The summed E-state index contributed by atoms with van der Waals surface area (Å²) in [6.07, 6.45) is 0.859. The number of carbonyl (C=O) groups is 1. The third kappa shape index (κ3) is 4.99. The molecule has 1 heterocycles. The van der Waals surface area contributed by atoms with Gasteiger partial charge in [-0.3, -0.25) is 4.90 Å². The molecule has 3 rings (SSSR count). The van der Waals surface area contributed by atoms with Crippen molar-refractivity contribution >= 4 is 11.7 Å². The van der Waals surface area contributed by atoms with Crippen molar-refractivity contribution in [3.05, 3.63) is 59.4 Å². The lowest BCUT2D eigenvalue weighted by Crippen LogP contribution is -2.38. The zero-order valence-corrected chi connectivity index (χ0v) is 15.8. The zero-order valence-electron chi connectivity index (χ0n) is 15.8. The van der Waals surface area contributed by atoms with Crippen LogP contribution in [0, 0.1) is 17.1 Å². The Morgan fingerprint density at radius 1 is 1.18 bits per heavy atom.